The van der Waals surface area contributed by atoms with Crippen LogP contribution in [-0.2, 0) is 12.8 Å². The maximum absolute atomic E-state index is 10.8. The third-order valence-electron chi connectivity index (χ3n) is 2.14. The van der Waals surface area contributed by atoms with E-state index in [-0.39, 0.29) is 0 Å². The second kappa shape index (κ2) is 2.90. The summed E-state index contributed by atoms with van der Waals surface area (Å²) in [4.78, 5) is 10.8. The molecule has 4 heteroatoms. The first-order chi connectivity index (χ1) is 5.79. The molecule has 0 saturated carbocycles. The number of halogens is 1. The van der Waals surface area contributed by atoms with Gasteiger partial charge in [0.15, 0.2) is 5.69 Å². The molecule has 0 N–H and O–H groups in total. The largest absolute Gasteiger partial charge is 0.360 e. The topological polar surface area (TPSA) is 43.1 Å². The van der Waals surface area contributed by atoms with Crippen LogP contribution in [0.2, 0.25) is 0 Å². The molecule has 0 radical (unpaired) electrons. The second-order valence-corrected chi connectivity index (χ2v) is 3.26. The lowest BCUT2D eigenvalue weighted by Crippen LogP contribution is -2.03. The highest BCUT2D eigenvalue weighted by Crippen LogP contribution is 2.24. The lowest BCUT2D eigenvalue weighted by atomic mass is 9.97. The number of hydrogen-bond acceptors (Lipinski definition) is 3. The molecule has 64 valence electrons. The Morgan fingerprint density at radius 3 is 2.92 bits per heavy atom. The Balaban J connectivity index is 2.44. The third kappa shape index (κ3) is 1.14. The first kappa shape index (κ1) is 7.80. The third-order valence-corrected chi connectivity index (χ3v) is 2.32. The zero-order valence-corrected chi connectivity index (χ0v) is 7.23. The molecule has 1 aliphatic carbocycles. The fraction of sp³-hybridized carbons (Fsp3) is 0.500. The van der Waals surface area contributed by atoms with Gasteiger partial charge in [-0.25, -0.2) is 0 Å². The van der Waals surface area contributed by atoms with Gasteiger partial charge >= 0.3 is 0 Å². The van der Waals surface area contributed by atoms with Crippen LogP contribution in [-0.4, -0.2) is 10.4 Å². The molecule has 0 saturated heterocycles. The molecule has 1 aliphatic rings. The zero-order valence-electron chi connectivity index (χ0n) is 6.47. The summed E-state index contributed by atoms with van der Waals surface area (Å²) >= 11 is 5.32. The highest BCUT2D eigenvalue weighted by atomic mass is 35.5. The van der Waals surface area contributed by atoms with Crippen molar-refractivity contribution in [3.63, 3.8) is 0 Å². The van der Waals surface area contributed by atoms with E-state index < -0.39 is 5.24 Å². The number of aryl methyl sites for hydroxylation is 1. The minimum Gasteiger partial charge on any atom is -0.360 e. The molecule has 0 atom stereocenters. The molecular formula is C8H8ClNO2. The molecular weight excluding hydrogens is 178 g/mol. The van der Waals surface area contributed by atoms with Gasteiger partial charge < -0.3 is 4.52 Å². The number of aromatic nitrogens is 1. The SMILES string of the molecule is O=C(Cl)c1noc2c1CCCC2. The minimum atomic E-state index is -0.512. The Hall–Kier alpha value is -0.830. The molecule has 0 unspecified atom stereocenters. The van der Waals surface area contributed by atoms with Gasteiger partial charge in [-0.05, 0) is 30.9 Å². The standard InChI is InChI=1S/C8H8ClNO2/c9-8(11)7-5-3-1-2-4-6(5)12-10-7/h1-4H2. The van der Waals surface area contributed by atoms with Gasteiger partial charge in [0.2, 0.25) is 0 Å². The van der Waals surface area contributed by atoms with Gasteiger partial charge in [0.1, 0.15) is 5.76 Å². The van der Waals surface area contributed by atoms with Gasteiger partial charge in [-0.15, -0.1) is 0 Å². The van der Waals surface area contributed by atoms with Crippen LogP contribution in [0, 0.1) is 0 Å². The summed E-state index contributed by atoms with van der Waals surface area (Å²) in [5, 5.41) is 3.13. The molecule has 1 aromatic rings. The molecule has 12 heavy (non-hydrogen) atoms. The smallest absolute Gasteiger partial charge is 0.274 e. The van der Waals surface area contributed by atoms with Crippen molar-refractivity contribution in [3.05, 3.63) is 17.0 Å². The number of rotatable bonds is 1. The zero-order chi connectivity index (χ0) is 8.55. The number of hydrogen-bond donors (Lipinski definition) is 0. The summed E-state index contributed by atoms with van der Waals surface area (Å²) in [6.07, 6.45) is 3.95. The van der Waals surface area contributed by atoms with E-state index in [9.17, 15) is 4.79 Å². The van der Waals surface area contributed by atoms with Gasteiger partial charge in [0.05, 0.1) is 0 Å². The summed E-state index contributed by atoms with van der Waals surface area (Å²) in [5.41, 5.74) is 1.23. The van der Waals surface area contributed by atoms with E-state index in [1.165, 1.54) is 0 Å². The van der Waals surface area contributed by atoms with Crippen LogP contribution < -0.4 is 0 Å². The lowest BCUT2D eigenvalue weighted by Gasteiger charge is -2.07. The second-order valence-electron chi connectivity index (χ2n) is 2.91. The van der Waals surface area contributed by atoms with Crippen molar-refractivity contribution >= 4 is 16.8 Å². The normalized spacial score (nSPS) is 15.8. The fourth-order valence-corrected chi connectivity index (χ4v) is 1.69. The molecule has 0 aliphatic heterocycles. The average molecular weight is 186 g/mol. The number of fused-ring (bicyclic) bond motifs is 1. The molecule has 0 spiro atoms. The van der Waals surface area contributed by atoms with Gasteiger partial charge in [-0.3, -0.25) is 4.79 Å². The van der Waals surface area contributed by atoms with Crippen molar-refractivity contribution in [2.75, 3.05) is 0 Å². The maximum atomic E-state index is 10.8. The van der Waals surface area contributed by atoms with Gasteiger partial charge in [-0.1, -0.05) is 5.16 Å². The van der Waals surface area contributed by atoms with Gasteiger partial charge in [-0.2, -0.15) is 0 Å². The Bertz CT molecular complexity index is 319. The molecule has 1 aromatic heterocycles. The van der Waals surface area contributed by atoms with Crippen LogP contribution in [0.15, 0.2) is 4.52 Å². The van der Waals surface area contributed by atoms with Crippen molar-refractivity contribution in [2.45, 2.75) is 25.7 Å². The lowest BCUT2D eigenvalue weighted by molar-refractivity contribution is 0.107. The van der Waals surface area contributed by atoms with Crippen LogP contribution >= 0.6 is 11.6 Å². The summed E-state index contributed by atoms with van der Waals surface area (Å²) < 4.78 is 4.99. The predicted molar refractivity (Wildman–Crippen MR) is 43.3 cm³/mol. The number of carbonyl (C=O) groups is 1. The van der Waals surface area contributed by atoms with Crippen molar-refractivity contribution in [3.8, 4) is 0 Å². The van der Waals surface area contributed by atoms with E-state index in [1.54, 1.807) is 0 Å². The van der Waals surface area contributed by atoms with Crippen molar-refractivity contribution in [1.82, 2.24) is 5.16 Å². The average Bonchev–Trinajstić information content (AvgIpc) is 2.47. The number of carbonyl (C=O) groups excluding carboxylic acids is 1. The predicted octanol–water partition coefficient (Wildman–Crippen LogP) is 1.93. The Labute approximate surface area is 74.7 Å². The van der Waals surface area contributed by atoms with Crippen LogP contribution in [0.4, 0.5) is 0 Å². The summed E-state index contributed by atoms with van der Waals surface area (Å²) in [7, 11) is 0. The number of nitrogens with zero attached hydrogens (tertiary/aromatic N) is 1. The summed E-state index contributed by atoms with van der Waals surface area (Å²) in [5.74, 6) is 0.838. The van der Waals surface area contributed by atoms with E-state index in [2.05, 4.69) is 5.16 Å². The van der Waals surface area contributed by atoms with Crippen LogP contribution in [0.5, 0.6) is 0 Å². The fourth-order valence-electron chi connectivity index (χ4n) is 1.54. The Kier molecular flexibility index (Phi) is 1.89. The van der Waals surface area contributed by atoms with Crippen LogP contribution in [0.3, 0.4) is 0 Å². The molecule has 0 amide bonds. The van der Waals surface area contributed by atoms with Crippen LogP contribution in [0.25, 0.3) is 0 Å². The van der Waals surface area contributed by atoms with E-state index in [0.29, 0.717) is 5.69 Å². The maximum Gasteiger partial charge on any atom is 0.274 e. The monoisotopic (exact) mass is 185 g/mol. The van der Waals surface area contributed by atoms with Gasteiger partial charge in [0.25, 0.3) is 5.24 Å². The molecule has 0 fully saturated rings. The summed E-state index contributed by atoms with van der Waals surface area (Å²) in [6.45, 7) is 0. The molecule has 2 rings (SSSR count). The molecule has 3 nitrogen and oxygen atoms in total. The minimum absolute atomic E-state index is 0.311. The van der Waals surface area contributed by atoms with Crippen LogP contribution in [0.1, 0.15) is 34.7 Å². The first-order valence-electron chi connectivity index (χ1n) is 3.96. The molecule has 0 bridgehead atoms. The Morgan fingerprint density at radius 2 is 2.17 bits per heavy atom. The van der Waals surface area contributed by atoms with E-state index >= 15 is 0 Å². The molecule has 1 heterocycles. The summed E-state index contributed by atoms with van der Waals surface area (Å²) in [6, 6.07) is 0. The van der Waals surface area contributed by atoms with E-state index in [1.807, 2.05) is 0 Å². The quantitative estimate of drug-likeness (QED) is 0.628. The van der Waals surface area contributed by atoms with Crippen molar-refractivity contribution in [2.24, 2.45) is 0 Å². The highest BCUT2D eigenvalue weighted by molar-refractivity contribution is 6.67. The van der Waals surface area contributed by atoms with Gasteiger partial charge in [0, 0.05) is 12.0 Å². The highest BCUT2D eigenvalue weighted by Gasteiger charge is 2.22. The van der Waals surface area contributed by atoms with E-state index in [4.69, 9.17) is 16.1 Å². The first-order valence-corrected chi connectivity index (χ1v) is 4.34. The van der Waals surface area contributed by atoms with Crippen molar-refractivity contribution < 1.29 is 9.32 Å². The Morgan fingerprint density at radius 1 is 1.42 bits per heavy atom. The molecule has 0 aromatic carbocycles. The van der Waals surface area contributed by atoms with Crippen molar-refractivity contribution in [1.29, 1.82) is 0 Å². The van der Waals surface area contributed by atoms with E-state index in [0.717, 1.165) is 37.0 Å².